The first kappa shape index (κ1) is 29.8. The fourth-order valence-corrected chi connectivity index (χ4v) is 4.19. The van der Waals surface area contributed by atoms with Crippen molar-refractivity contribution in [3.05, 3.63) is 121 Å². The third-order valence-corrected chi connectivity index (χ3v) is 6.54. The molecule has 0 amide bonds. The van der Waals surface area contributed by atoms with E-state index < -0.39 is 17.9 Å². The molecule has 1 fully saturated rings. The normalized spacial score (nSPS) is 11.9. The fourth-order valence-electron chi connectivity index (χ4n) is 4.19. The SMILES string of the molecule is C=CC(=O)Oc1ccc(CCC(=O)Oc2ccc(-c3ccc(OC(C(=C)C)=C4CCC4)cc3)cc2)cc1OC(=O)C=C. The molecular weight excluding hydrogens is 532 g/mol. The summed E-state index contributed by atoms with van der Waals surface area (Å²) >= 11 is 0. The monoisotopic (exact) mass is 564 g/mol. The van der Waals surface area contributed by atoms with Gasteiger partial charge in [0, 0.05) is 18.6 Å². The van der Waals surface area contributed by atoms with E-state index in [4.69, 9.17) is 18.9 Å². The maximum atomic E-state index is 12.5. The van der Waals surface area contributed by atoms with Gasteiger partial charge in [-0.15, -0.1) is 0 Å². The van der Waals surface area contributed by atoms with Gasteiger partial charge in [0.1, 0.15) is 17.3 Å². The molecule has 0 aromatic heterocycles. The highest BCUT2D eigenvalue weighted by Crippen LogP contribution is 2.34. The van der Waals surface area contributed by atoms with Crippen LogP contribution in [-0.2, 0) is 20.8 Å². The molecule has 4 rings (SSSR count). The van der Waals surface area contributed by atoms with Crippen LogP contribution in [0.3, 0.4) is 0 Å². The van der Waals surface area contributed by atoms with Crippen molar-refractivity contribution in [2.24, 2.45) is 0 Å². The largest absolute Gasteiger partial charge is 0.457 e. The van der Waals surface area contributed by atoms with E-state index in [0.717, 1.165) is 53.2 Å². The van der Waals surface area contributed by atoms with E-state index in [9.17, 15) is 14.4 Å². The minimum atomic E-state index is -0.714. The van der Waals surface area contributed by atoms with E-state index >= 15 is 0 Å². The van der Waals surface area contributed by atoms with Crippen molar-refractivity contribution < 1.29 is 33.3 Å². The van der Waals surface area contributed by atoms with Crippen LogP contribution >= 0.6 is 0 Å². The highest BCUT2D eigenvalue weighted by molar-refractivity contribution is 5.86. The zero-order valence-corrected chi connectivity index (χ0v) is 23.5. The molecular formula is C35H32O7. The van der Waals surface area contributed by atoms with Gasteiger partial charge in [-0.05, 0) is 96.8 Å². The van der Waals surface area contributed by atoms with Crippen LogP contribution in [0.15, 0.2) is 116 Å². The number of carbonyl (C=O) groups is 3. The van der Waals surface area contributed by atoms with E-state index in [1.54, 1.807) is 18.2 Å². The highest BCUT2D eigenvalue weighted by Gasteiger charge is 2.17. The average molecular weight is 565 g/mol. The Morgan fingerprint density at radius 3 is 1.79 bits per heavy atom. The van der Waals surface area contributed by atoms with Gasteiger partial charge in [-0.25, -0.2) is 9.59 Å². The zero-order valence-electron chi connectivity index (χ0n) is 23.5. The van der Waals surface area contributed by atoms with Gasteiger partial charge >= 0.3 is 17.9 Å². The summed E-state index contributed by atoms with van der Waals surface area (Å²) in [5, 5.41) is 0. The summed E-state index contributed by atoms with van der Waals surface area (Å²) in [6.45, 7) is 12.7. The lowest BCUT2D eigenvalue weighted by molar-refractivity contribution is -0.134. The summed E-state index contributed by atoms with van der Waals surface area (Å²) in [4.78, 5) is 35.8. The summed E-state index contributed by atoms with van der Waals surface area (Å²) in [6.07, 6.45) is 5.69. The number of carbonyl (C=O) groups excluding carboxylic acids is 3. The van der Waals surface area contributed by atoms with Crippen molar-refractivity contribution in [3.8, 4) is 34.1 Å². The van der Waals surface area contributed by atoms with Crippen LogP contribution in [-0.4, -0.2) is 17.9 Å². The van der Waals surface area contributed by atoms with Gasteiger partial charge < -0.3 is 18.9 Å². The number of hydrogen-bond donors (Lipinski definition) is 0. The molecule has 214 valence electrons. The molecule has 1 saturated carbocycles. The number of ether oxygens (including phenoxy) is 4. The van der Waals surface area contributed by atoms with Crippen molar-refractivity contribution in [2.75, 3.05) is 0 Å². The molecule has 1 aliphatic rings. The molecule has 42 heavy (non-hydrogen) atoms. The molecule has 7 heteroatoms. The molecule has 0 bridgehead atoms. The Kier molecular flexibility index (Phi) is 9.90. The van der Waals surface area contributed by atoms with Crippen molar-refractivity contribution in [1.29, 1.82) is 0 Å². The molecule has 3 aromatic carbocycles. The quantitative estimate of drug-likeness (QED) is 0.0976. The molecule has 0 unspecified atom stereocenters. The van der Waals surface area contributed by atoms with Crippen molar-refractivity contribution in [2.45, 2.75) is 39.0 Å². The van der Waals surface area contributed by atoms with Gasteiger partial charge in [0.05, 0.1) is 0 Å². The topological polar surface area (TPSA) is 88.1 Å². The van der Waals surface area contributed by atoms with Gasteiger partial charge in [-0.3, -0.25) is 4.79 Å². The van der Waals surface area contributed by atoms with E-state index in [0.29, 0.717) is 17.7 Å². The maximum Gasteiger partial charge on any atom is 0.335 e. The first-order valence-corrected chi connectivity index (χ1v) is 13.5. The molecule has 0 saturated heterocycles. The van der Waals surface area contributed by atoms with Gasteiger partial charge in [-0.1, -0.05) is 50.1 Å². The molecule has 1 aliphatic carbocycles. The average Bonchev–Trinajstić information content (AvgIpc) is 2.96. The Morgan fingerprint density at radius 2 is 1.29 bits per heavy atom. The molecule has 0 radical (unpaired) electrons. The summed E-state index contributed by atoms with van der Waals surface area (Å²) in [5.74, 6) is 0.318. The van der Waals surface area contributed by atoms with Crippen LogP contribution in [0.4, 0.5) is 0 Å². The van der Waals surface area contributed by atoms with E-state index in [1.165, 1.54) is 24.1 Å². The second-order valence-corrected chi connectivity index (χ2v) is 9.72. The van der Waals surface area contributed by atoms with E-state index in [2.05, 4.69) is 19.7 Å². The number of allylic oxidation sites excluding steroid dienone is 2. The maximum absolute atomic E-state index is 12.5. The standard InChI is InChI=1S/C35H32O7/c1-5-32(36)41-30-20-10-24(22-31(30)42-33(37)6-2)11-21-34(38)39-28-16-12-25(13-17-28)26-14-18-29(19-15-26)40-35(23(3)4)27-8-7-9-27/h5-6,10,12-20,22H,1-3,7-9,11,21H2,4H3. The lowest BCUT2D eigenvalue weighted by atomic mass is 9.90. The molecule has 0 N–H and O–H groups in total. The number of hydrogen-bond acceptors (Lipinski definition) is 7. The summed E-state index contributed by atoms with van der Waals surface area (Å²) in [6, 6.07) is 19.8. The van der Waals surface area contributed by atoms with Crippen molar-refractivity contribution in [3.63, 3.8) is 0 Å². The Morgan fingerprint density at radius 1 is 0.738 bits per heavy atom. The molecule has 0 heterocycles. The predicted molar refractivity (Wildman–Crippen MR) is 160 cm³/mol. The van der Waals surface area contributed by atoms with E-state index in [-0.39, 0.29) is 17.9 Å². The third kappa shape index (κ3) is 7.95. The van der Waals surface area contributed by atoms with Crippen LogP contribution in [0.2, 0.25) is 0 Å². The number of rotatable bonds is 12. The number of benzene rings is 3. The van der Waals surface area contributed by atoms with Crippen LogP contribution < -0.4 is 18.9 Å². The fraction of sp³-hybridized carbons (Fsp3) is 0.171. The number of esters is 3. The van der Waals surface area contributed by atoms with Gasteiger partial charge in [0.25, 0.3) is 0 Å². The second-order valence-electron chi connectivity index (χ2n) is 9.72. The molecule has 0 spiro atoms. The first-order valence-electron chi connectivity index (χ1n) is 13.5. The molecule has 0 atom stereocenters. The Balaban J connectivity index is 1.33. The van der Waals surface area contributed by atoms with Crippen molar-refractivity contribution in [1.82, 2.24) is 0 Å². The highest BCUT2D eigenvalue weighted by atomic mass is 16.6. The van der Waals surface area contributed by atoms with E-state index in [1.807, 2.05) is 43.3 Å². The predicted octanol–water partition coefficient (Wildman–Crippen LogP) is 7.47. The minimum absolute atomic E-state index is 0.0304. The molecule has 0 aliphatic heterocycles. The summed E-state index contributed by atoms with van der Waals surface area (Å²) in [7, 11) is 0. The van der Waals surface area contributed by atoms with Crippen LogP contribution in [0, 0.1) is 0 Å². The molecule has 7 nitrogen and oxygen atoms in total. The Hall–Kier alpha value is -5.17. The number of aryl methyl sites for hydroxylation is 1. The summed E-state index contributed by atoms with van der Waals surface area (Å²) in [5.41, 5.74) is 4.91. The van der Waals surface area contributed by atoms with Crippen molar-refractivity contribution >= 4 is 17.9 Å². The van der Waals surface area contributed by atoms with Gasteiger partial charge in [0.2, 0.25) is 0 Å². The lowest BCUT2D eigenvalue weighted by Gasteiger charge is -2.22. The second kappa shape index (κ2) is 13.9. The zero-order chi connectivity index (χ0) is 30.1. The van der Waals surface area contributed by atoms with Crippen LogP contribution in [0.5, 0.6) is 23.0 Å². The summed E-state index contributed by atoms with van der Waals surface area (Å²) < 4.78 is 21.9. The molecule has 3 aromatic rings. The van der Waals surface area contributed by atoms with Gasteiger partial charge in [0.15, 0.2) is 11.5 Å². The van der Waals surface area contributed by atoms with Gasteiger partial charge in [-0.2, -0.15) is 0 Å². The Labute approximate surface area is 245 Å². The third-order valence-electron chi connectivity index (χ3n) is 6.54. The lowest BCUT2D eigenvalue weighted by Crippen LogP contribution is -2.10. The van der Waals surface area contributed by atoms with Crippen LogP contribution in [0.25, 0.3) is 11.1 Å². The smallest absolute Gasteiger partial charge is 0.335 e. The Bertz CT molecular complexity index is 1540. The first-order chi connectivity index (χ1) is 20.2. The minimum Gasteiger partial charge on any atom is -0.457 e. The van der Waals surface area contributed by atoms with Crippen LogP contribution in [0.1, 0.15) is 38.2 Å².